The molecule has 0 saturated carbocycles. The van der Waals surface area contributed by atoms with Crippen molar-refractivity contribution < 1.29 is 14.3 Å². The van der Waals surface area contributed by atoms with Crippen molar-refractivity contribution in [1.82, 2.24) is 0 Å². The van der Waals surface area contributed by atoms with Gasteiger partial charge in [0, 0.05) is 18.3 Å². The number of aromatic carboxylic acids is 1. The van der Waals surface area contributed by atoms with Gasteiger partial charge in [0.1, 0.15) is 5.82 Å². The summed E-state index contributed by atoms with van der Waals surface area (Å²) in [6.07, 6.45) is 5.68. The predicted octanol–water partition coefficient (Wildman–Crippen LogP) is 3.68. The van der Waals surface area contributed by atoms with Crippen LogP contribution < -0.4 is 4.90 Å². The number of hydrogen-bond donors (Lipinski definition) is 1. The monoisotopic (exact) mass is 265 g/mol. The molecule has 0 spiro atoms. The van der Waals surface area contributed by atoms with Crippen molar-refractivity contribution in [3.8, 4) is 0 Å². The Morgan fingerprint density at radius 1 is 1.47 bits per heavy atom. The standard InChI is InChI=1S/C15H20FNO2/c1-2-5-11-6-3-4-9-17(11)12-7-8-13(15(18)19)14(16)10-12/h7-8,10-11H,2-6,9H2,1H3,(H,18,19). The van der Waals surface area contributed by atoms with Gasteiger partial charge >= 0.3 is 5.97 Å². The molecule has 104 valence electrons. The molecule has 1 saturated heterocycles. The Hall–Kier alpha value is -1.58. The number of carboxylic acid groups (broad SMARTS) is 1. The van der Waals surface area contributed by atoms with E-state index in [0.29, 0.717) is 6.04 Å². The van der Waals surface area contributed by atoms with Crippen LogP contribution in [0.15, 0.2) is 18.2 Å². The van der Waals surface area contributed by atoms with E-state index in [4.69, 9.17) is 5.11 Å². The summed E-state index contributed by atoms with van der Waals surface area (Å²) in [6, 6.07) is 4.90. The maximum atomic E-state index is 13.8. The Balaban J connectivity index is 2.24. The normalized spacial score (nSPS) is 19.5. The molecule has 0 radical (unpaired) electrons. The maximum absolute atomic E-state index is 13.8. The van der Waals surface area contributed by atoms with Gasteiger partial charge in [0.05, 0.1) is 5.56 Å². The second-order valence-corrected chi connectivity index (χ2v) is 5.10. The number of nitrogens with zero attached hydrogens (tertiary/aromatic N) is 1. The lowest BCUT2D eigenvalue weighted by Crippen LogP contribution is -2.39. The summed E-state index contributed by atoms with van der Waals surface area (Å²) >= 11 is 0. The Kier molecular flexibility index (Phi) is 4.40. The number of benzene rings is 1. The fourth-order valence-corrected chi connectivity index (χ4v) is 2.83. The topological polar surface area (TPSA) is 40.5 Å². The summed E-state index contributed by atoms with van der Waals surface area (Å²) < 4.78 is 13.8. The number of carbonyl (C=O) groups is 1. The van der Waals surface area contributed by atoms with E-state index in [9.17, 15) is 9.18 Å². The number of hydrogen-bond acceptors (Lipinski definition) is 2. The third-order valence-corrected chi connectivity index (χ3v) is 3.76. The summed E-state index contributed by atoms with van der Waals surface area (Å²) in [5.74, 6) is -1.86. The van der Waals surface area contributed by atoms with Crippen LogP contribution in [0.5, 0.6) is 0 Å². The van der Waals surface area contributed by atoms with Crippen molar-refractivity contribution in [2.24, 2.45) is 0 Å². The molecule has 1 atom stereocenters. The highest BCUT2D eigenvalue weighted by atomic mass is 19.1. The van der Waals surface area contributed by atoms with Crippen LogP contribution in [0.2, 0.25) is 0 Å². The lowest BCUT2D eigenvalue weighted by molar-refractivity contribution is 0.0692. The van der Waals surface area contributed by atoms with Crippen LogP contribution >= 0.6 is 0 Å². The molecule has 1 heterocycles. The molecule has 2 rings (SSSR count). The number of carboxylic acids is 1. The molecule has 0 aromatic heterocycles. The fraction of sp³-hybridized carbons (Fsp3) is 0.533. The molecule has 1 N–H and O–H groups in total. The molecular weight excluding hydrogens is 245 g/mol. The molecular formula is C15H20FNO2. The van der Waals surface area contributed by atoms with E-state index in [1.165, 1.54) is 18.6 Å². The van der Waals surface area contributed by atoms with E-state index in [-0.39, 0.29) is 5.56 Å². The average molecular weight is 265 g/mol. The smallest absolute Gasteiger partial charge is 0.338 e. The first kappa shape index (κ1) is 13.8. The van der Waals surface area contributed by atoms with E-state index in [1.54, 1.807) is 6.07 Å². The number of halogens is 1. The lowest BCUT2D eigenvalue weighted by atomic mass is 9.97. The first-order valence-corrected chi connectivity index (χ1v) is 6.93. The molecule has 0 bridgehead atoms. The van der Waals surface area contributed by atoms with Gasteiger partial charge in [0.25, 0.3) is 0 Å². The van der Waals surface area contributed by atoms with Crippen LogP contribution in [0, 0.1) is 5.82 Å². The highest BCUT2D eigenvalue weighted by Crippen LogP contribution is 2.28. The van der Waals surface area contributed by atoms with Crippen LogP contribution in [-0.2, 0) is 0 Å². The highest BCUT2D eigenvalue weighted by Gasteiger charge is 2.23. The van der Waals surface area contributed by atoms with Crippen molar-refractivity contribution >= 4 is 11.7 Å². The fourth-order valence-electron chi connectivity index (χ4n) is 2.83. The number of rotatable bonds is 4. The third kappa shape index (κ3) is 3.06. The van der Waals surface area contributed by atoms with E-state index in [2.05, 4.69) is 11.8 Å². The Bertz CT molecular complexity index is 459. The lowest BCUT2D eigenvalue weighted by Gasteiger charge is -2.37. The molecule has 1 fully saturated rings. The maximum Gasteiger partial charge on any atom is 0.338 e. The van der Waals surface area contributed by atoms with Gasteiger partial charge in [-0.3, -0.25) is 0 Å². The average Bonchev–Trinajstić information content (AvgIpc) is 2.39. The SMILES string of the molecule is CCCC1CCCCN1c1ccc(C(=O)O)c(F)c1. The molecule has 1 aromatic rings. The summed E-state index contributed by atoms with van der Waals surface area (Å²) in [6.45, 7) is 3.08. The van der Waals surface area contributed by atoms with Crippen molar-refractivity contribution in [2.45, 2.75) is 45.1 Å². The van der Waals surface area contributed by atoms with Crippen LogP contribution in [0.1, 0.15) is 49.4 Å². The van der Waals surface area contributed by atoms with E-state index in [1.807, 2.05) is 0 Å². The first-order chi connectivity index (χ1) is 9.13. The molecule has 1 unspecified atom stereocenters. The van der Waals surface area contributed by atoms with Crippen molar-refractivity contribution in [3.63, 3.8) is 0 Å². The second kappa shape index (κ2) is 6.04. The van der Waals surface area contributed by atoms with E-state index >= 15 is 0 Å². The van der Waals surface area contributed by atoms with Crippen LogP contribution in [-0.4, -0.2) is 23.7 Å². The van der Waals surface area contributed by atoms with Gasteiger partial charge in [-0.2, -0.15) is 0 Å². The Labute approximate surface area is 113 Å². The van der Waals surface area contributed by atoms with Gasteiger partial charge in [0.15, 0.2) is 0 Å². The molecule has 0 aliphatic carbocycles. The second-order valence-electron chi connectivity index (χ2n) is 5.10. The minimum absolute atomic E-state index is 0.257. The number of anilines is 1. The summed E-state index contributed by atoms with van der Waals surface area (Å²) in [5.41, 5.74) is 0.549. The van der Waals surface area contributed by atoms with E-state index in [0.717, 1.165) is 37.9 Å². The van der Waals surface area contributed by atoms with Gasteiger partial charge in [-0.1, -0.05) is 13.3 Å². The van der Waals surface area contributed by atoms with Crippen LogP contribution in [0.4, 0.5) is 10.1 Å². The van der Waals surface area contributed by atoms with Crippen molar-refractivity contribution in [3.05, 3.63) is 29.6 Å². The quantitative estimate of drug-likeness (QED) is 0.902. The zero-order valence-electron chi connectivity index (χ0n) is 11.2. The predicted molar refractivity (Wildman–Crippen MR) is 73.3 cm³/mol. The largest absolute Gasteiger partial charge is 0.478 e. The number of piperidine rings is 1. The Morgan fingerprint density at radius 2 is 2.26 bits per heavy atom. The van der Waals surface area contributed by atoms with Crippen LogP contribution in [0.3, 0.4) is 0 Å². The highest BCUT2D eigenvalue weighted by molar-refractivity contribution is 5.88. The zero-order chi connectivity index (χ0) is 13.8. The van der Waals surface area contributed by atoms with Crippen molar-refractivity contribution in [2.75, 3.05) is 11.4 Å². The molecule has 0 amide bonds. The summed E-state index contributed by atoms with van der Waals surface area (Å²) in [4.78, 5) is 13.0. The minimum Gasteiger partial charge on any atom is -0.478 e. The van der Waals surface area contributed by atoms with Crippen molar-refractivity contribution in [1.29, 1.82) is 0 Å². The third-order valence-electron chi connectivity index (χ3n) is 3.76. The molecule has 1 aliphatic rings. The van der Waals surface area contributed by atoms with E-state index < -0.39 is 11.8 Å². The minimum atomic E-state index is -1.21. The Morgan fingerprint density at radius 3 is 2.89 bits per heavy atom. The van der Waals surface area contributed by atoms with Gasteiger partial charge in [-0.05, 0) is 43.9 Å². The van der Waals surface area contributed by atoms with Gasteiger partial charge in [-0.25, -0.2) is 9.18 Å². The van der Waals surface area contributed by atoms with Crippen LogP contribution in [0.25, 0.3) is 0 Å². The summed E-state index contributed by atoms with van der Waals surface area (Å²) in [5, 5.41) is 8.85. The van der Waals surface area contributed by atoms with Gasteiger partial charge in [-0.15, -0.1) is 0 Å². The molecule has 3 nitrogen and oxygen atoms in total. The van der Waals surface area contributed by atoms with Gasteiger partial charge in [0.2, 0.25) is 0 Å². The summed E-state index contributed by atoms with van der Waals surface area (Å²) in [7, 11) is 0. The molecule has 4 heteroatoms. The first-order valence-electron chi connectivity index (χ1n) is 6.93. The zero-order valence-corrected chi connectivity index (χ0v) is 11.2. The molecule has 1 aliphatic heterocycles. The molecule has 19 heavy (non-hydrogen) atoms. The molecule has 1 aromatic carbocycles. The van der Waals surface area contributed by atoms with Gasteiger partial charge < -0.3 is 10.0 Å².